The summed E-state index contributed by atoms with van der Waals surface area (Å²) in [7, 11) is 0. The number of H-pyrrole nitrogens is 1. The highest BCUT2D eigenvalue weighted by Crippen LogP contribution is 2.37. The highest BCUT2D eigenvalue weighted by molar-refractivity contribution is 5.91. The molecule has 3 rings (SSSR count). The second kappa shape index (κ2) is 2.80. The second-order valence-corrected chi connectivity index (χ2v) is 4.01. The van der Waals surface area contributed by atoms with Gasteiger partial charge in [-0.3, -0.25) is 9.89 Å². The number of amides is 1. The lowest BCUT2D eigenvalue weighted by molar-refractivity contribution is 0.0718. The monoisotopic (exact) mass is 192 g/mol. The van der Waals surface area contributed by atoms with Crippen molar-refractivity contribution in [3.8, 4) is 0 Å². The van der Waals surface area contributed by atoms with Crippen LogP contribution in [0, 0.1) is 0 Å². The minimum atomic E-state index is 0.0208. The molecule has 5 nitrogen and oxygen atoms in total. The highest BCUT2D eigenvalue weighted by atomic mass is 16.2. The average molecular weight is 192 g/mol. The van der Waals surface area contributed by atoms with E-state index in [2.05, 4.69) is 15.2 Å². The fourth-order valence-corrected chi connectivity index (χ4v) is 2.68. The molecule has 74 valence electrons. The number of aromatic amines is 1. The number of hydrogen-bond donors (Lipinski definition) is 1. The maximum atomic E-state index is 12.0. The lowest BCUT2D eigenvalue weighted by Gasteiger charge is -2.20. The molecule has 1 aromatic heterocycles. The number of carbonyl (C=O) groups excluding carboxylic acids is 1. The van der Waals surface area contributed by atoms with Gasteiger partial charge in [-0.2, -0.15) is 5.10 Å². The molecule has 0 atom stereocenters. The Morgan fingerprint density at radius 3 is 2.50 bits per heavy atom. The Labute approximate surface area is 81.5 Å². The van der Waals surface area contributed by atoms with E-state index in [1.54, 1.807) is 0 Å². The zero-order chi connectivity index (χ0) is 9.54. The third kappa shape index (κ3) is 0.981. The molecule has 0 unspecified atom stereocenters. The summed E-state index contributed by atoms with van der Waals surface area (Å²) in [6.45, 7) is 0. The van der Waals surface area contributed by atoms with E-state index >= 15 is 0 Å². The van der Waals surface area contributed by atoms with E-state index in [0.717, 1.165) is 25.7 Å². The van der Waals surface area contributed by atoms with Crippen molar-refractivity contribution in [2.24, 2.45) is 0 Å². The van der Waals surface area contributed by atoms with Crippen LogP contribution in [0.25, 0.3) is 0 Å². The molecule has 0 aliphatic carbocycles. The molecular weight excluding hydrogens is 180 g/mol. The minimum absolute atomic E-state index is 0.0208. The Kier molecular flexibility index (Phi) is 1.59. The number of fused-ring (bicyclic) bond motifs is 2. The van der Waals surface area contributed by atoms with Crippen LogP contribution in [0.1, 0.15) is 36.3 Å². The molecule has 0 aromatic carbocycles. The number of rotatable bonds is 1. The molecule has 2 bridgehead atoms. The molecule has 0 radical (unpaired) electrons. The first-order valence-corrected chi connectivity index (χ1v) is 5.04. The number of carbonyl (C=O) groups is 1. The molecular formula is C9H12N4O. The van der Waals surface area contributed by atoms with E-state index in [1.807, 2.05) is 4.90 Å². The van der Waals surface area contributed by atoms with E-state index in [-0.39, 0.29) is 5.91 Å². The van der Waals surface area contributed by atoms with Crippen LogP contribution in [0.5, 0.6) is 0 Å². The lowest BCUT2D eigenvalue weighted by Crippen LogP contribution is -2.35. The predicted molar refractivity (Wildman–Crippen MR) is 48.6 cm³/mol. The van der Waals surface area contributed by atoms with Crippen LogP contribution in [-0.2, 0) is 0 Å². The topological polar surface area (TPSA) is 61.9 Å². The first kappa shape index (κ1) is 7.96. The zero-order valence-electron chi connectivity index (χ0n) is 7.81. The number of hydrogen-bond acceptors (Lipinski definition) is 3. The van der Waals surface area contributed by atoms with Crippen LogP contribution in [0.2, 0.25) is 0 Å². The maximum absolute atomic E-state index is 12.0. The van der Waals surface area contributed by atoms with Crippen LogP contribution in [-0.4, -0.2) is 38.1 Å². The highest BCUT2D eigenvalue weighted by Gasteiger charge is 2.42. The molecule has 2 saturated heterocycles. The third-order valence-electron chi connectivity index (χ3n) is 3.31. The van der Waals surface area contributed by atoms with Gasteiger partial charge in [-0.05, 0) is 25.7 Å². The lowest BCUT2D eigenvalue weighted by atomic mass is 10.0. The Balaban J connectivity index is 1.87. The fourth-order valence-electron chi connectivity index (χ4n) is 2.68. The maximum Gasteiger partial charge on any atom is 0.291 e. The first-order chi connectivity index (χ1) is 6.86. The number of aromatic nitrogens is 3. The summed E-state index contributed by atoms with van der Waals surface area (Å²) in [4.78, 5) is 17.8. The van der Waals surface area contributed by atoms with Crippen molar-refractivity contribution < 1.29 is 4.79 Å². The van der Waals surface area contributed by atoms with Gasteiger partial charge < -0.3 is 4.90 Å². The van der Waals surface area contributed by atoms with Crippen molar-refractivity contribution in [2.75, 3.05) is 0 Å². The van der Waals surface area contributed by atoms with Crippen LogP contribution in [0.15, 0.2) is 6.33 Å². The molecule has 1 amide bonds. The number of nitrogens with zero attached hydrogens (tertiary/aromatic N) is 3. The van der Waals surface area contributed by atoms with Gasteiger partial charge in [-0.15, -0.1) is 0 Å². The van der Waals surface area contributed by atoms with E-state index in [0.29, 0.717) is 17.9 Å². The quantitative estimate of drug-likeness (QED) is 0.707. The molecule has 0 saturated carbocycles. The molecule has 5 heteroatoms. The largest absolute Gasteiger partial charge is 0.330 e. The van der Waals surface area contributed by atoms with Gasteiger partial charge in [-0.1, -0.05) is 0 Å². The fraction of sp³-hybridized carbons (Fsp3) is 0.667. The van der Waals surface area contributed by atoms with Crippen molar-refractivity contribution in [3.63, 3.8) is 0 Å². The second-order valence-electron chi connectivity index (χ2n) is 4.01. The summed E-state index contributed by atoms with van der Waals surface area (Å²) in [5.74, 6) is 0.399. The Morgan fingerprint density at radius 2 is 2.00 bits per heavy atom. The smallest absolute Gasteiger partial charge is 0.291 e. The van der Waals surface area contributed by atoms with Gasteiger partial charge in [0.15, 0.2) is 0 Å². The standard InChI is InChI=1S/C9H12N4O/c14-9(8-10-5-11-12-8)13-6-1-2-7(13)4-3-6/h5-7H,1-4H2,(H,10,11,12). The van der Waals surface area contributed by atoms with Crippen molar-refractivity contribution in [3.05, 3.63) is 12.2 Å². The Bertz CT molecular complexity index is 328. The third-order valence-corrected chi connectivity index (χ3v) is 3.31. The molecule has 2 aliphatic rings. The molecule has 3 heterocycles. The van der Waals surface area contributed by atoms with E-state index in [9.17, 15) is 4.79 Å². The summed E-state index contributed by atoms with van der Waals surface area (Å²) in [6.07, 6.45) is 6.01. The normalized spacial score (nSPS) is 29.9. The SMILES string of the molecule is O=C(c1ncn[nH]1)N1C2CCC1CC2. The van der Waals surface area contributed by atoms with Crippen molar-refractivity contribution >= 4 is 5.91 Å². The molecule has 2 fully saturated rings. The van der Waals surface area contributed by atoms with Crippen LogP contribution in [0.4, 0.5) is 0 Å². The van der Waals surface area contributed by atoms with Gasteiger partial charge in [0.2, 0.25) is 5.82 Å². The number of nitrogens with one attached hydrogen (secondary N) is 1. The summed E-state index contributed by atoms with van der Waals surface area (Å²) in [6, 6.07) is 0.912. The Hall–Kier alpha value is -1.39. The van der Waals surface area contributed by atoms with Crippen molar-refractivity contribution in [2.45, 2.75) is 37.8 Å². The van der Waals surface area contributed by atoms with Crippen molar-refractivity contribution in [1.29, 1.82) is 0 Å². The average Bonchev–Trinajstić information content (AvgIpc) is 2.94. The molecule has 2 aliphatic heterocycles. The molecule has 1 N–H and O–H groups in total. The first-order valence-electron chi connectivity index (χ1n) is 5.04. The Morgan fingerprint density at radius 1 is 1.36 bits per heavy atom. The minimum Gasteiger partial charge on any atom is -0.330 e. The van der Waals surface area contributed by atoms with Crippen LogP contribution in [0.3, 0.4) is 0 Å². The summed E-state index contributed by atoms with van der Waals surface area (Å²) in [5, 5.41) is 6.33. The van der Waals surface area contributed by atoms with Gasteiger partial charge in [0, 0.05) is 12.1 Å². The van der Waals surface area contributed by atoms with E-state index in [1.165, 1.54) is 6.33 Å². The van der Waals surface area contributed by atoms with Crippen LogP contribution >= 0.6 is 0 Å². The van der Waals surface area contributed by atoms with Gasteiger partial charge in [-0.25, -0.2) is 4.98 Å². The zero-order valence-corrected chi connectivity index (χ0v) is 7.81. The van der Waals surface area contributed by atoms with Crippen molar-refractivity contribution in [1.82, 2.24) is 20.1 Å². The summed E-state index contributed by atoms with van der Waals surface area (Å²) in [5.41, 5.74) is 0. The van der Waals surface area contributed by atoms with E-state index < -0.39 is 0 Å². The van der Waals surface area contributed by atoms with Gasteiger partial charge >= 0.3 is 0 Å². The van der Waals surface area contributed by atoms with E-state index in [4.69, 9.17) is 0 Å². The van der Waals surface area contributed by atoms with Crippen LogP contribution < -0.4 is 0 Å². The molecule has 14 heavy (non-hydrogen) atoms. The summed E-state index contributed by atoms with van der Waals surface area (Å²) >= 11 is 0. The van der Waals surface area contributed by atoms with Gasteiger partial charge in [0.25, 0.3) is 5.91 Å². The van der Waals surface area contributed by atoms with Gasteiger partial charge in [0.1, 0.15) is 6.33 Å². The predicted octanol–water partition coefficient (Wildman–Crippen LogP) is 0.572. The summed E-state index contributed by atoms with van der Waals surface area (Å²) < 4.78 is 0. The molecule has 0 spiro atoms. The van der Waals surface area contributed by atoms with Gasteiger partial charge in [0.05, 0.1) is 0 Å². The molecule has 1 aromatic rings.